The summed E-state index contributed by atoms with van der Waals surface area (Å²) in [6, 6.07) is 10.4. The predicted octanol–water partition coefficient (Wildman–Crippen LogP) is 4.20. The third-order valence-corrected chi connectivity index (χ3v) is 6.22. The van der Waals surface area contributed by atoms with E-state index in [0.29, 0.717) is 29.7 Å². The van der Waals surface area contributed by atoms with Crippen molar-refractivity contribution in [2.24, 2.45) is 0 Å². The highest BCUT2D eigenvalue weighted by Crippen LogP contribution is 2.45. The Hall–Kier alpha value is -2.91. The van der Waals surface area contributed by atoms with Crippen LogP contribution in [0.25, 0.3) is 0 Å². The molecule has 1 aromatic carbocycles. The van der Waals surface area contributed by atoms with E-state index in [9.17, 15) is 14.9 Å². The minimum atomic E-state index is -0.832. The number of pyridine rings is 1. The highest BCUT2D eigenvalue weighted by molar-refractivity contribution is 6.33. The lowest BCUT2D eigenvalue weighted by Gasteiger charge is -2.30. The lowest BCUT2D eigenvalue weighted by Crippen LogP contribution is -2.47. The first-order chi connectivity index (χ1) is 13.5. The zero-order valence-electron chi connectivity index (χ0n) is 15.5. The molecule has 0 radical (unpaired) electrons. The maximum absolute atomic E-state index is 13.5. The van der Waals surface area contributed by atoms with Gasteiger partial charge >= 0.3 is 6.03 Å². The van der Waals surface area contributed by atoms with Crippen LogP contribution in [0.3, 0.4) is 0 Å². The predicted molar refractivity (Wildman–Crippen MR) is 105 cm³/mol. The van der Waals surface area contributed by atoms with Gasteiger partial charge in [0.2, 0.25) is 0 Å². The Kier molecular flexibility index (Phi) is 4.56. The van der Waals surface area contributed by atoms with Crippen LogP contribution < -0.4 is 4.90 Å². The van der Waals surface area contributed by atoms with Crippen LogP contribution in [-0.4, -0.2) is 27.4 Å². The summed E-state index contributed by atoms with van der Waals surface area (Å²) in [5, 5.41) is 9.45. The van der Waals surface area contributed by atoms with E-state index < -0.39 is 5.54 Å². The lowest BCUT2D eigenvalue weighted by atomic mass is 9.95. The maximum Gasteiger partial charge on any atom is 0.332 e. The molecule has 2 aliphatic rings. The molecule has 0 N–H and O–H groups in total. The molecular weight excluding hydrogens is 376 g/mol. The fourth-order valence-electron chi connectivity index (χ4n) is 4.25. The number of nitrogens with zero attached hydrogens (tertiary/aromatic N) is 4. The van der Waals surface area contributed by atoms with Gasteiger partial charge in [0.25, 0.3) is 5.91 Å². The second kappa shape index (κ2) is 6.92. The van der Waals surface area contributed by atoms with Gasteiger partial charge in [-0.25, -0.2) is 9.69 Å². The van der Waals surface area contributed by atoms with Gasteiger partial charge in [0.1, 0.15) is 11.6 Å². The molecule has 2 fully saturated rings. The summed E-state index contributed by atoms with van der Waals surface area (Å²) in [6.07, 6.45) is 4.77. The number of anilines is 1. The van der Waals surface area contributed by atoms with E-state index in [1.165, 1.54) is 4.90 Å². The Balaban J connectivity index is 1.78. The number of imide groups is 1. The third kappa shape index (κ3) is 2.66. The van der Waals surface area contributed by atoms with Gasteiger partial charge in [0.15, 0.2) is 0 Å². The molecule has 4 rings (SSSR count). The Morgan fingerprint density at radius 2 is 1.96 bits per heavy atom. The van der Waals surface area contributed by atoms with Crippen LogP contribution in [0.15, 0.2) is 36.5 Å². The average molecular weight is 395 g/mol. The van der Waals surface area contributed by atoms with Crippen LogP contribution in [0.2, 0.25) is 5.02 Å². The molecule has 1 spiro atoms. The lowest BCUT2D eigenvalue weighted by molar-refractivity contribution is -0.124. The highest BCUT2D eigenvalue weighted by Gasteiger charge is 2.58. The first kappa shape index (κ1) is 18.5. The molecule has 0 unspecified atom stereocenters. The van der Waals surface area contributed by atoms with Crippen LogP contribution in [0.4, 0.5) is 10.5 Å². The van der Waals surface area contributed by atoms with Crippen molar-refractivity contribution in [3.05, 3.63) is 58.4 Å². The molecule has 3 amide bonds. The minimum Gasteiger partial charge on any atom is -0.303 e. The molecule has 1 aliphatic heterocycles. The minimum absolute atomic E-state index is 0.213. The fraction of sp³-hybridized carbons (Fsp3) is 0.333. The molecule has 2 aromatic rings. The number of carbonyl (C=O) groups is 2. The number of carbonyl (C=O) groups excluding carboxylic acids is 2. The second-order valence-corrected chi connectivity index (χ2v) is 7.63. The second-order valence-electron chi connectivity index (χ2n) is 7.25. The van der Waals surface area contributed by atoms with Crippen molar-refractivity contribution in [2.75, 3.05) is 4.90 Å². The fourth-order valence-corrected chi connectivity index (χ4v) is 4.45. The number of hydrogen-bond acceptors (Lipinski definition) is 4. The topological polar surface area (TPSA) is 77.3 Å². The van der Waals surface area contributed by atoms with Gasteiger partial charge in [-0.2, -0.15) is 5.26 Å². The van der Waals surface area contributed by atoms with Crippen molar-refractivity contribution >= 4 is 29.2 Å². The monoisotopic (exact) mass is 394 g/mol. The normalized spacial score (nSPS) is 18.2. The number of nitriles is 1. The Morgan fingerprint density at radius 1 is 1.21 bits per heavy atom. The van der Waals surface area contributed by atoms with Gasteiger partial charge in [-0.1, -0.05) is 30.5 Å². The number of aromatic nitrogens is 1. The van der Waals surface area contributed by atoms with E-state index in [4.69, 9.17) is 11.6 Å². The van der Waals surface area contributed by atoms with E-state index in [0.717, 1.165) is 18.5 Å². The van der Waals surface area contributed by atoms with Crippen molar-refractivity contribution in [3.8, 4) is 6.07 Å². The Morgan fingerprint density at radius 3 is 2.61 bits per heavy atom. The summed E-state index contributed by atoms with van der Waals surface area (Å²) in [5.41, 5.74) is 1.22. The smallest absolute Gasteiger partial charge is 0.303 e. The zero-order chi connectivity index (χ0) is 19.9. The van der Waals surface area contributed by atoms with Crippen molar-refractivity contribution in [1.29, 1.82) is 5.26 Å². The first-order valence-corrected chi connectivity index (χ1v) is 9.62. The number of rotatable bonds is 3. The molecule has 1 aliphatic carbocycles. The first-order valence-electron chi connectivity index (χ1n) is 9.25. The molecule has 1 saturated heterocycles. The standard InChI is InChI=1S/C21H19ClN4O2/c1-14-17(8-7-15(12-23)18(14)22)26-19(27)21(9-3-4-10-21)25(20(26)28)13-16-6-2-5-11-24-16/h2,5-8,11H,3-4,9-10,13H2,1H3. The van der Waals surface area contributed by atoms with E-state index in [1.807, 2.05) is 24.3 Å². The van der Waals surface area contributed by atoms with Crippen molar-refractivity contribution in [3.63, 3.8) is 0 Å². The van der Waals surface area contributed by atoms with Crippen LogP contribution in [0, 0.1) is 18.3 Å². The molecule has 7 heteroatoms. The molecule has 2 heterocycles. The summed E-state index contributed by atoms with van der Waals surface area (Å²) in [6.45, 7) is 2.01. The summed E-state index contributed by atoms with van der Waals surface area (Å²) in [5.74, 6) is -0.213. The molecule has 28 heavy (non-hydrogen) atoms. The van der Waals surface area contributed by atoms with Crippen molar-refractivity contribution in [1.82, 2.24) is 9.88 Å². The summed E-state index contributed by atoms with van der Waals surface area (Å²) < 4.78 is 0. The van der Waals surface area contributed by atoms with E-state index in [1.54, 1.807) is 30.2 Å². The van der Waals surface area contributed by atoms with Gasteiger partial charge in [0.05, 0.1) is 28.5 Å². The van der Waals surface area contributed by atoms with Gasteiger partial charge in [-0.15, -0.1) is 0 Å². The van der Waals surface area contributed by atoms with Crippen LogP contribution in [0.1, 0.15) is 42.5 Å². The van der Waals surface area contributed by atoms with Crippen molar-refractivity contribution < 1.29 is 9.59 Å². The van der Waals surface area contributed by atoms with E-state index in [-0.39, 0.29) is 23.5 Å². The molecule has 6 nitrogen and oxygen atoms in total. The highest BCUT2D eigenvalue weighted by atomic mass is 35.5. The van der Waals surface area contributed by atoms with E-state index in [2.05, 4.69) is 4.98 Å². The summed E-state index contributed by atoms with van der Waals surface area (Å²) >= 11 is 6.29. The summed E-state index contributed by atoms with van der Waals surface area (Å²) in [7, 11) is 0. The Labute approximate surface area is 168 Å². The number of amides is 3. The van der Waals surface area contributed by atoms with Gasteiger partial charge in [-0.05, 0) is 49.6 Å². The zero-order valence-corrected chi connectivity index (χ0v) is 16.2. The van der Waals surface area contributed by atoms with E-state index >= 15 is 0 Å². The number of hydrogen-bond donors (Lipinski definition) is 0. The third-order valence-electron chi connectivity index (χ3n) is 5.74. The maximum atomic E-state index is 13.5. The molecule has 0 atom stereocenters. The van der Waals surface area contributed by atoms with Gasteiger partial charge in [0, 0.05) is 6.20 Å². The quantitative estimate of drug-likeness (QED) is 0.731. The SMILES string of the molecule is Cc1c(N2C(=O)N(Cc3ccccn3)C3(CCCC3)C2=O)ccc(C#N)c1Cl. The number of urea groups is 1. The number of halogens is 1. The molecule has 142 valence electrons. The van der Waals surface area contributed by atoms with Crippen LogP contribution in [-0.2, 0) is 11.3 Å². The van der Waals surface area contributed by atoms with Crippen molar-refractivity contribution in [2.45, 2.75) is 44.7 Å². The largest absolute Gasteiger partial charge is 0.332 e. The van der Waals surface area contributed by atoms with Gasteiger partial charge < -0.3 is 4.90 Å². The molecular formula is C21H19ClN4O2. The molecule has 1 aromatic heterocycles. The molecule has 1 saturated carbocycles. The molecule has 0 bridgehead atoms. The van der Waals surface area contributed by atoms with Gasteiger partial charge in [-0.3, -0.25) is 9.78 Å². The van der Waals surface area contributed by atoms with Crippen LogP contribution in [0.5, 0.6) is 0 Å². The van der Waals surface area contributed by atoms with Crippen LogP contribution >= 0.6 is 11.6 Å². The Bertz CT molecular complexity index is 993. The number of benzene rings is 1. The average Bonchev–Trinajstić information content (AvgIpc) is 3.27. The summed E-state index contributed by atoms with van der Waals surface area (Å²) in [4.78, 5) is 34.1.